The zero-order valence-corrected chi connectivity index (χ0v) is 11.8. The highest BCUT2D eigenvalue weighted by Crippen LogP contribution is 2.21. The molecule has 2 rings (SSSR count). The molecule has 0 fully saturated rings. The Hall–Kier alpha value is -2.68. The molecule has 2 amide bonds. The quantitative estimate of drug-likeness (QED) is 0.802. The zero-order valence-electron chi connectivity index (χ0n) is 11.0. The molecule has 22 heavy (non-hydrogen) atoms. The maximum atomic E-state index is 13.6. The second kappa shape index (κ2) is 5.98. The van der Waals surface area contributed by atoms with E-state index in [0.717, 1.165) is 12.1 Å². The molecular weight excluding hydrogens is 316 g/mol. The number of carbonyl (C=O) groups excluding carboxylic acids is 1. The SMILES string of the molecule is NC(=O)Nc1cccc(NS(=O)(=O)c2cc(F)ccc2F)c1. The summed E-state index contributed by atoms with van der Waals surface area (Å²) in [4.78, 5) is 9.93. The number of halogens is 2. The largest absolute Gasteiger partial charge is 0.351 e. The van der Waals surface area contributed by atoms with Crippen molar-refractivity contribution in [2.24, 2.45) is 5.73 Å². The number of nitrogens with one attached hydrogen (secondary N) is 2. The highest BCUT2D eigenvalue weighted by atomic mass is 32.2. The minimum atomic E-state index is -4.32. The summed E-state index contributed by atoms with van der Waals surface area (Å²) in [6.45, 7) is 0. The monoisotopic (exact) mass is 327 g/mol. The number of primary amides is 1. The number of amides is 2. The highest BCUT2D eigenvalue weighted by Gasteiger charge is 2.20. The molecule has 9 heteroatoms. The van der Waals surface area contributed by atoms with Gasteiger partial charge >= 0.3 is 6.03 Å². The molecule has 0 bridgehead atoms. The first-order valence-electron chi connectivity index (χ1n) is 5.92. The summed E-state index contributed by atoms with van der Waals surface area (Å²) in [6, 6.07) is 6.86. The van der Waals surface area contributed by atoms with Gasteiger partial charge < -0.3 is 11.1 Å². The zero-order chi connectivity index (χ0) is 16.3. The predicted octanol–water partition coefficient (Wildman–Crippen LogP) is 2.26. The van der Waals surface area contributed by atoms with Crippen LogP contribution in [0.2, 0.25) is 0 Å². The smallest absolute Gasteiger partial charge is 0.316 e. The Kier molecular flexibility index (Phi) is 4.27. The van der Waals surface area contributed by atoms with E-state index < -0.39 is 32.6 Å². The summed E-state index contributed by atoms with van der Waals surface area (Å²) in [5.74, 6) is -1.97. The molecule has 0 aliphatic heterocycles. The minimum absolute atomic E-state index is 0.0508. The molecule has 0 radical (unpaired) electrons. The summed E-state index contributed by atoms with van der Waals surface area (Å²) >= 11 is 0. The molecule has 116 valence electrons. The molecule has 0 aliphatic carbocycles. The highest BCUT2D eigenvalue weighted by molar-refractivity contribution is 7.92. The fourth-order valence-electron chi connectivity index (χ4n) is 1.70. The molecule has 0 aliphatic rings. The summed E-state index contributed by atoms with van der Waals surface area (Å²) < 4.78 is 52.9. The first-order valence-corrected chi connectivity index (χ1v) is 7.40. The van der Waals surface area contributed by atoms with Crippen molar-refractivity contribution in [1.29, 1.82) is 0 Å². The molecule has 6 nitrogen and oxygen atoms in total. The van der Waals surface area contributed by atoms with E-state index in [0.29, 0.717) is 6.07 Å². The number of anilines is 2. The van der Waals surface area contributed by atoms with E-state index in [1.54, 1.807) is 0 Å². The predicted molar refractivity (Wildman–Crippen MR) is 76.8 cm³/mol. The van der Waals surface area contributed by atoms with Gasteiger partial charge in [-0.1, -0.05) is 6.07 Å². The van der Waals surface area contributed by atoms with Crippen LogP contribution in [0.3, 0.4) is 0 Å². The van der Waals surface area contributed by atoms with Gasteiger partial charge in [-0.05, 0) is 36.4 Å². The lowest BCUT2D eigenvalue weighted by molar-refractivity contribution is 0.259. The van der Waals surface area contributed by atoms with E-state index in [4.69, 9.17) is 5.73 Å². The number of nitrogens with two attached hydrogens (primary N) is 1. The molecule has 0 aromatic heterocycles. The van der Waals surface area contributed by atoms with Crippen molar-refractivity contribution in [3.8, 4) is 0 Å². The van der Waals surface area contributed by atoms with E-state index >= 15 is 0 Å². The van der Waals surface area contributed by atoms with Gasteiger partial charge in [0.25, 0.3) is 10.0 Å². The van der Waals surface area contributed by atoms with E-state index in [9.17, 15) is 22.0 Å². The summed E-state index contributed by atoms with van der Waals surface area (Å²) in [7, 11) is -4.32. The Morgan fingerprint density at radius 1 is 1.05 bits per heavy atom. The van der Waals surface area contributed by atoms with Crippen LogP contribution < -0.4 is 15.8 Å². The lowest BCUT2D eigenvalue weighted by Gasteiger charge is -2.10. The maximum Gasteiger partial charge on any atom is 0.316 e. The van der Waals surface area contributed by atoms with Gasteiger partial charge in [-0.3, -0.25) is 4.72 Å². The third-order valence-electron chi connectivity index (χ3n) is 2.57. The summed E-state index contributed by atoms with van der Waals surface area (Å²) in [5.41, 5.74) is 5.24. The van der Waals surface area contributed by atoms with Gasteiger partial charge in [0.05, 0.1) is 5.69 Å². The van der Waals surface area contributed by atoms with Gasteiger partial charge in [-0.2, -0.15) is 0 Å². The molecule has 0 unspecified atom stereocenters. The average molecular weight is 327 g/mol. The minimum Gasteiger partial charge on any atom is -0.351 e. The van der Waals surface area contributed by atoms with Crippen LogP contribution in [0.15, 0.2) is 47.4 Å². The number of carbonyl (C=O) groups is 1. The number of benzene rings is 2. The van der Waals surface area contributed by atoms with Gasteiger partial charge in [-0.25, -0.2) is 22.0 Å². The van der Waals surface area contributed by atoms with Crippen molar-refractivity contribution in [2.45, 2.75) is 4.90 Å². The fraction of sp³-hybridized carbons (Fsp3) is 0. The normalized spacial score (nSPS) is 11.0. The molecule has 2 aromatic rings. The fourth-order valence-corrected chi connectivity index (χ4v) is 2.84. The van der Waals surface area contributed by atoms with Crippen molar-refractivity contribution in [3.63, 3.8) is 0 Å². The van der Waals surface area contributed by atoms with Crippen LogP contribution in [0.1, 0.15) is 0 Å². The van der Waals surface area contributed by atoms with Crippen LogP contribution in [0, 0.1) is 11.6 Å². The van der Waals surface area contributed by atoms with Crippen molar-refractivity contribution >= 4 is 27.4 Å². The van der Waals surface area contributed by atoms with Crippen molar-refractivity contribution < 1.29 is 22.0 Å². The number of sulfonamides is 1. The molecule has 2 aromatic carbocycles. The molecule has 0 heterocycles. The molecule has 0 spiro atoms. The molecular formula is C13H11F2N3O3S. The van der Waals surface area contributed by atoms with Gasteiger partial charge in [0.2, 0.25) is 0 Å². The van der Waals surface area contributed by atoms with Gasteiger partial charge in [0, 0.05) is 5.69 Å². The molecule has 4 N–H and O–H groups in total. The number of urea groups is 1. The second-order valence-electron chi connectivity index (χ2n) is 4.25. The summed E-state index contributed by atoms with van der Waals surface area (Å²) in [6.07, 6.45) is 0. The Balaban J connectivity index is 2.33. The van der Waals surface area contributed by atoms with Crippen LogP contribution in [0.25, 0.3) is 0 Å². The molecule has 0 atom stereocenters. The number of hydrogen-bond acceptors (Lipinski definition) is 3. The Morgan fingerprint density at radius 2 is 1.73 bits per heavy atom. The topological polar surface area (TPSA) is 101 Å². The third kappa shape index (κ3) is 3.70. The van der Waals surface area contributed by atoms with Crippen LogP contribution in [0.4, 0.5) is 25.0 Å². The van der Waals surface area contributed by atoms with Crippen LogP contribution >= 0.6 is 0 Å². The van der Waals surface area contributed by atoms with Gasteiger partial charge in [-0.15, -0.1) is 0 Å². The first-order chi connectivity index (χ1) is 10.3. The van der Waals surface area contributed by atoms with Gasteiger partial charge in [0.15, 0.2) is 0 Å². The maximum absolute atomic E-state index is 13.6. The average Bonchev–Trinajstić information content (AvgIpc) is 2.40. The van der Waals surface area contributed by atoms with Crippen LogP contribution in [-0.4, -0.2) is 14.4 Å². The van der Waals surface area contributed by atoms with E-state index in [-0.39, 0.29) is 11.4 Å². The number of rotatable bonds is 4. The van der Waals surface area contributed by atoms with Crippen molar-refractivity contribution in [2.75, 3.05) is 10.0 Å². The lowest BCUT2D eigenvalue weighted by Crippen LogP contribution is -2.19. The first kappa shape index (κ1) is 15.7. The summed E-state index contributed by atoms with van der Waals surface area (Å²) in [5, 5.41) is 2.26. The van der Waals surface area contributed by atoms with E-state index in [1.807, 2.05) is 0 Å². The molecule has 0 saturated carbocycles. The lowest BCUT2D eigenvalue weighted by atomic mass is 10.3. The Bertz CT molecular complexity index is 825. The standard InChI is InChI=1S/C13H11F2N3O3S/c14-8-4-5-11(15)12(6-8)22(20,21)18-10-3-1-2-9(7-10)17-13(16)19/h1-7,18H,(H3,16,17,19). The van der Waals surface area contributed by atoms with E-state index in [1.165, 1.54) is 24.3 Å². The Labute approximate surface area is 125 Å². The van der Waals surface area contributed by atoms with E-state index in [2.05, 4.69) is 10.0 Å². The third-order valence-corrected chi connectivity index (χ3v) is 3.96. The Morgan fingerprint density at radius 3 is 2.41 bits per heavy atom. The van der Waals surface area contributed by atoms with Crippen LogP contribution in [0.5, 0.6) is 0 Å². The van der Waals surface area contributed by atoms with Crippen molar-refractivity contribution in [3.05, 3.63) is 54.1 Å². The molecule has 0 saturated heterocycles. The number of hydrogen-bond donors (Lipinski definition) is 3. The van der Waals surface area contributed by atoms with Crippen LogP contribution in [-0.2, 0) is 10.0 Å². The second-order valence-corrected chi connectivity index (χ2v) is 5.90. The van der Waals surface area contributed by atoms with Crippen molar-refractivity contribution in [1.82, 2.24) is 0 Å². The van der Waals surface area contributed by atoms with Gasteiger partial charge in [0.1, 0.15) is 16.5 Å².